The highest BCUT2D eigenvalue weighted by molar-refractivity contribution is 6.30. The van der Waals surface area contributed by atoms with Gasteiger partial charge in [-0.15, -0.1) is 0 Å². The van der Waals surface area contributed by atoms with Gasteiger partial charge in [-0.1, -0.05) is 17.7 Å². The Morgan fingerprint density at radius 3 is 2.95 bits per heavy atom. The van der Waals surface area contributed by atoms with Crippen molar-refractivity contribution in [3.8, 4) is 0 Å². The van der Waals surface area contributed by atoms with Crippen molar-refractivity contribution < 1.29 is 4.39 Å². The van der Waals surface area contributed by atoms with Crippen molar-refractivity contribution in [3.05, 3.63) is 40.8 Å². The van der Waals surface area contributed by atoms with E-state index in [1.165, 1.54) is 6.07 Å². The SMILES string of the molecule is CNc1nc(NCc2ccc(F)c(Cl)c2)c2cn[nH]c2n1. The summed E-state index contributed by atoms with van der Waals surface area (Å²) in [5, 5.41) is 13.7. The smallest absolute Gasteiger partial charge is 0.226 e. The molecule has 0 bridgehead atoms. The van der Waals surface area contributed by atoms with Crippen molar-refractivity contribution in [1.29, 1.82) is 0 Å². The molecule has 6 nitrogen and oxygen atoms in total. The number of hydrogen-bond acceptors (Lipinski definition) is 5. The van der Waals surface area contributed by atoms with Gasteiger partial charge in [-0.2, -0.15) is 15.1 Å². The number of aromatic nitrogens is 4. The van der Waals surface area contributed by atoms with E-state index in [2.05, 4.69) is 30.8 Å². The van der Waals surface area contributed by atoms with Crippen LogP contribution in [0.1, 0.15) is 5.56 Å². The van der Waals surface area contributed by atoms with Gasteiger partial charge < -0.3 is 10.6 Å². The molecule has 0 radical (unpaired) electrons. The standard InChI is InChI=1S/C13H12ClFN6/c1-16-13-19-11(8-6-18-21-12(8)20-13)17-5-7-2-3-10(15)9(14)4-7/h2-4,6H,5H2,1H3,(H3,16,17,18,19,20,21). The Hall–Kier alpha value is -2.41. The Bertz CT molecular complexity index is 787. The van der Waals surface area contributed by atoms with Gasteiger partial charge in [0.2, 0.25) is 5.95 Å². The molecule has 0 spiro atoms. The molecule has 0 aliphatic rings. The molecule has 108 valence electrons. The summed E-state index contributed by atoms with van der Waals surface area (Å²) in [6.45, 7) is 0.459. The van der Waals surface area contributed by atoms with Gasteiger partial charge >= 0.3 is 0 Å². The molecule has 3 aromatic rings. The van der Waals surface area contributed by atoms with Crippen LogP contribution in [-0.4, -0.2) is 27.2 Å². The van der Waals surface area contributed by atoms with Crippen molar-refractivity contribution in [2.45, 2.75) is 6.54 Å². The Labute approximate surface area is 124 Å². The molecular weight excluding hydrogens is 295 g/mol. The van der Waals surface area contributed by atoms with Crippen LogP contribution in [0.4, 0.5) is 16.2 Å². The molecule has 0 amide bonds. The number of aromatic amines is 1. The average molecular weight is 307 g/mol. The summed E-state index contributed by atoms with van der Waals surface area (Å²) < 4.78 is 13.1. The largest absolute Gasteiger partial charge is 0.365 e. The Morgan fingerprint density at radius 2 is 2.19 bits per heavy atom. The molecule has 0 saturated heterocycles. The lowest BCUT2D eigenvalue weighted by atomic mass is 10.2. The molecule has 21 heavy (non-hydrogen) atoms. The second kappa shape index (κ2) is 5.53. The third kappa shape index (κ3) is 2.73. The lowest BCUT2D eigenvalue weighted by molar-refractivity contribution is 0.627. The molecule has 2 heterocycles. The van der Waals surface area contributed by atoms with E-state index in [-0.39, 0.29) is 5.02 Å². The number of fused-ring (bicyclic) bond motifs is 1. The maximum Gasteiger partial charge on any atom is 0.226 e. The van der Waals surface area contributed by atoms with Gasteiger partial charge in [0.15, 0.2) is 5.65 Å². The maximum atomic E-state index is 13.1. The van der Waals surface area contributed by atoms with E-state index >= 15 is 0 Å². The second-order valence-electron chi connectivity index (χ2n) is 4.38. The minimum absolute atomic E-state index is 0.0985. The zero-order chi connectivity index (χ0) is 14.8. The molecule has 0 aliphatic carbocycles. The topological polar surface area (TPSA) is 78.5 Å². The fourth-order valence-corrected chi connectivity index (χ4v) is 2.12. The fourth-order valence-electron chi connectivity index (χ4n) is 1.92. The van der Waals surface area contributed by atoms with Gasteiger partial charge in [0.05, 0.1) is 16.6 Å². The molecule has 0 unspecified atom stereocenters. The van der Waals surface area contributed by atoms with Crippen molar-refractivity contribution in [2.75, 3.05) is 17.7 Å². The van der Waals surface area contributed by atoms with Crippen LogP contribution in [0.3, 0.4) is 0 Å². The molecule has 0 fully saturated rings. The van der Waals surface area contributed by atoms with Crippen molar-refractivity contribution >= 4 is 34.4 Å². The van der Waals surface area contributed by atoms with E-state index in [0.717, 1.165) is 10.9 Å². The number of benzene rings is 1. The van der Waals surface area contributed by atoms with E-state index in [0.29, 0.717) is 24.0 Å². The van der Waals surface area contributed by atoms with Gasteiger partial charge in [0.1, 0.15) is 11.6 Å². The molecule has 8 heteroatoms. The summed E-state index contributed by atoms with van der Waals surface area (Å²) in [5.74, 6) is 0.682. The van der Waals surface area contributed by atoms with Crippen LogP contribution in [-0.2, 0) is 6.54 Å². The average Bonchev–Trinajstić information content (AvgIpc) is 2.96. The number of hydrogen-bond donors (Lipinski definition) is 3. The Morgan fingerprint density at radius 1 is 1.33 bits per heavy atom. The number of nitrogens with one attached hydrogen (secondary N) is 3. The predicted octanol–water partition coefficient (Wildman–Crippen LogP) is 2.80. The van der Waals surface area contributed by atoms with E-state index in [1.54, 1.807) is 25.4 Å². The Balaban J connectivity index is 1.87. The summed E-state index contributed by atoms with van der Waals surface area (Å²) in [6, 6.07) is 4.59. The summed E-state index contributed by atoms with van der Waals surface area (Å²) in [7, 11) is 1.74. The highest BCUT2D eigenvalue weighted by atomic mass is 35.5. The molecular formula is C13H12ClFN6. The molecule has 0 saturated carbocycles. The zero-order valence-electron chi connectivity index (χ0n) is 11.1. The monoisotopic (exact) mass is 306 g/mol. The quantitative estimate of drug-likeness (QED) is 0.691. The van der Waals surface area contributed by atoms with Gasteiger partial charge in [-0.25, -0.2) is 4.39 Å². The number of rotatable bonds is 4. The van der Waals surface area contributed by atoms with Gasteiger partial charge in [0.25, 0.3) is 0 Å². The number of halogens is 2. The van der Waals surface area contributed by atoms with Gasteiger partial charge in [-0.3, -0.25) is 5.10 Å². The van der Waals surface area contributed by atoms with E-state index in [9.17, 15) is 4.39 Å². The summed E-state index contributed by atoms with van der Waals surface area (Å²) >= 11 is 5.77. The van der Waals surface area contributed by atoms with Gasteiger partial charge in [-0.05, 0) is 17.7 Å². The molecule has 0 atom stereocenters. The summed E-state index contributed by atoms with van der Waals surface area (Å²) in [4.78, 5) is 8.59. The van der Waals surface area contributed by atoms with Crippen LogP contribution in [0.25, 0.3) is 11.0 Å². The lowest BCUT2D eigenvalue weighted by Gasteiger charge is -2.08. The zero-order valence-corrected chi connectivity index (χ0v) is 11.9. The normalized spacial score (nSPS) is 10.8. The maximum absolute atomic E-state index is 13.1. The van der Waals surface area contributed by atoms with Crippen LogP contribution < -0.4 is 10.6 Å². The van der Waals surface area contributed by atoms with Gasteiger partial charge in [0, 0.05) is 13.6 Å². The van der Waals surface area contributed by atoms with Crippen molar-refractivity contribution in [3.63, 3.8) is 0 Å². The van der Waals surface area contributed by atoms with E-state index in [4.69, 9.17) is 11.6 Å². The van der Waals surface area contributed by atoms with Crippen LogP contribution >= 0.6 is 11.6 Å². The third-order valence-electron chi connectivity index (χ3n) is 2.98. The summed E-state index contributed by atoms with van der Waals surface area (Å²) in [5.41, 5.74) is 1.48. The minimum atomic E-state index is -0.433. The third-order valence-corrected chi connectivity index (χ3v) is 3.27. The highest BCUT2D eigenvalue weighted by Crippen LogP contribution is 2.21. The minimum Gasteiger partial charge on any atom is -0.365 e. The van der Waals surface area contributed by atoms with Crippen molar-refractivity contribution in [2.24, 2.45) is 0 Å². The molecule has 3 N–H and O–H groups in total. The van der Waals surface area contributed by atoms with Crippen molar-refractivity contribution in [1.82, 2.24) is 20.2 Å². The first-order valence-corrected chi connectivity index (χ1v) is 6.62. The van der Waals surface area contributed by atoms with E-state index in [1.807, 2.05) is 0 Å². The molecule has 2 aromatic heterocycles. The molecule has 1 aromatic carbocycles. The number of nitrogens with zero attached hydrogens (tertiary/aromatic N) is 3. The number of anilines is 2. The Kier molecular flexibility index (Phi) is 3.57. The first-order valence-electron chi connectivity index (χ1n) is 6.24. The van der Waals surface area contributed by atoms with Crippen LogP contribution in [0.15, 0.2) is 24.4 Å². The predicted molar refractivity (Wildman–Crippen MR) is 80.0 cm³/mol. The van der Waals surface area contributed by atoms with Crippen LogP contribution in [0.2, 0.25) is 5.02 Å². The van der Waals surface area contributed by atoms with Crippen LogP contribution in [0, 0.1) is 5.82 Å². The second-order valence-corrected chi connectivity index (χ2v) is 4.79. The first kappa shape index (κ1) is 13.6. The van der Waals surface area contributed by atoms with E-state index < -0.39 is 5.82 Å². The summed E-state index contributed by atoms with van der Waals surface area (Å²) in [6.07, 6.45) is 1.65. The highest BCUT2D eigenvalue weighted by Gasteiger charge is 2.09. The number of H-pyrrole nitrogens is 1. The molecule has 0 aliphatic heterocycles. The van der Waals surface area contributed by atoms with Crippen LogP contribution in [0.5, 0.6) is 0 Å². The first-order chi connectivity index (χ1) is 10.2. The molecule has 3 rings (SSSR count). The lowest BCUT2D eigenvalue weighted by Crippen LogP contribution is -2.05. The fraction of sp³-hybridized carbons (Fsp3) is 0.154.